The molecule has 0 spiro atoms. The van der Waals surface area contributed by atoms with Crippen LogP contribution in [0.3, 0.4) is 0 Å². The van der Waals surface area contributed by atoms with Crippen molar-refractivity contribution < 1.29 is 19.4 Å². The molecule has 1 unspecified atom stereocenters. The van der Waals surface area contributed by atoms with Gasteiger partial charge in [0, 0.05) is 19.6 Å². The minimum atomic E-state index is -0.904. The monoisotopic (exact) mass is 301 g/mol. The van der Waals surface area contributed by atoms with Gasteiger partial charge in [0.15, 0.2) is 0 Å². The molecule has 0 aromatic carbocycles. The number of hydrogen-bond donors (Lipinski definition) is 3. The maximum Gasteiger partial charge on any atom is 0.407 e. The Morgan fingerprint density at radius 1 is 1.43 bits per heavy atom. The van der Waals surface area contributed by atoms with Gasteiger partial charge in [0.1, 0.15) is 5.60 Å². The van der Waals surface area contributed by atoms with Gasteiger partial charge in [-0.15, -0.1) is 0 Å². The number of carbonyl (C=O) groups is 2. The quantitative estimate of drug-likeness (QED) is 0.647. The summed E-state index contributed by atoms with van der Waals surface area (Å²) in [4.78, 5) is 24.1. The number of carbonyl (C=O) groups excluding carboxylic acids is 1. The molecule has 0 aliphatic carbocycles. The number of nitrogens with one attached hydrogen (secondary N) is 2. The third-order valence-corrected chi connectivity index (χ3v) is 3.18. The van der Waals surface area contributed by atoms with Crippen molar-refractivity contribution in [1.82, 2.24) is 15.5 Å². The molecule has 0 bridgehead atoms. The van der Waals surface area contributed by atoms with Crippen molar-refractivity contribution in [2.24, 2.45) is 5.92 Å². The Hall–Kier alpha value is -1.50. The zero-order valence-electron chi connectivity index (χ0n) is 13.1. The van der Waals surface area contributed by atoms with Gasteiger partial charge in [-0.2, -0.15) is 0 Å². The van der Waals surface area contributed by atoms with Gasteiger partial charge in [-0.1, -0.05) is 0 Å². The van der Waals surface area contributed by atoms with E-state index in [1.54, 1.807) is 20.8 Å². The third-order valence-electron chi connectivity index (χ3n) is 3.18. The minimum absolute atomic E-state index is 0.389. The Morgan fingerprint density at radius 2 is 2.14 bits per heavy atom. The molecule has 7 heteroatoms. The molecule has 0 radical (unpaired) electrons. The van der Waals surface area contributed by atoms with E-state index >= 15 is 0 Å². The van der Waals surface area contributed by atoms with Gasteiger partial charge in [-0.25, -0.2) is 9.59 Å². The second-order valence-electron chi connectivity index (χ2n) is 6.37. The average molecular weight is 301 g/mol. The van der Waals surface area contributed by atoms with Gasteiger partial charge in [0.2, 0.25) is 0 Å². The van der Waals surface area contributed by atoms with Crippen molar-refractivity contribution in [2.75, 3.05) is 32.7 Å². The van der Waals surface area contributed by atoms with Crippen molar-refractivity contribution >= 4 is 12.2 Å². The lowest BCUT2D eigenvalue weighted by molar-refractivity contribution is 0.0526. The molecule has 0 saturated carbocycles. The second kappa shape index (κ2) is 8.07. The molecular formula is C14H27N3O4. The second-order valence-corrected chi connectivity index (χ2v) is 6.37. The number of hydrogen-bond acceptors (Lipinski definition) is 4. The summed E-state index contributed by atoms with van der Waals surface area (Å²) in [6.45, 7) is 8.60. The summed E-state index contributed by atoms with van der Waals surface area (Å²) in [5.41, 5.74) is -0.521. The average Bonchev–Trinajstić information content (AvgIpc) is 2.83. The van der Waals surface area contributed by atoms with E-state index in [0.29, 0.717) is 32.0 Å². The number of amides is 2. The van der Waals surface area contributed by atoms with Crippen molar-refractivity contribution in [2.45, 2.75) is 39.2 Å². The van der Waals surface area contributed by atoms with E-state index in [1.807, 2.05) is 0 Å². The number of nitrogens with zero attached hydrogens (tertiary/aromatic N) is 1. The molecular weight excluding hydrogens is 274 g/mol. The van der Waals surface area contributed by atoms with Crippen LogP contribution in [-0.4, -0.2) is 60.5 Å². The first-order chi connectivity index (χ1) is 9.78. The van der Waals surface area contributed by atoms with E-state index in [-0.39, 0.29) is 0 Å². The number of carboxylic acid groups (broad SMARTS) is 1. The summed E-state index contributed by atoms with van der Waals surface area (Å²) >= 11 is 0. The van der Waals surface area contributed by atoms with Gasteiger partial charge < -0.3 is 25.4 Å². The Balaban J connectivity index is 2.21. The summed E-state index contributed by atoms with van der Waals surface area (Å²) in [5.74, 6) is 0.389. The molecule has 0 aromatic heterocycles. The van der Waals surface area contributed by atoms with Crippen molar-refractivity contribution in [3.8, 4) is 0 Å². The molecule has 0 aromatic rings. The standard InChI is InChI=1S/C14H27N3O4/c1-14(2,3)21-12(18)16-6-4-8-17(13(19)20)10-11-5-7-15-9-11/h11,15H,4-10H2,1-3H3,(H,16,18)(H,19,20). The lowest BCUT2D eigenvalue weighted by atomic mass is 10.1. The fourth-order valence-electron chi connectivity index (χ4n) is 2.22. The summed E-state index contributed by atoms with van der Waals surface area (Å²) in [6.07, 6.45) is 0.217. The predicted octanol–water partition coefficient (Wildman–Crippen LogP) is 1.49. The highest BCUT2D eigenvalue weighted by atomic mass is 16.6. The molecule has 1 aliphatic rings. The van der Waals surface area contributed by atoms with Crippen LogP contribution in [0.2, 0.25) is 0 Å². The highest BCUT2D eigenvalue weighted by Gasteiger charge is 2.21. The fourth-order valence-corrected chi connectivity index (χ4v) is 2.22. The fraction of sp³-hybridized carbons (Fsp3) is 0.857. The smallest absolute Gasteiger partial charge is 0.407 e. The first kappa shape index (κ1) is 17.6. The molecule has 1 saturated heterocycles. The van der Waals surface area contributed by atoms with Crippen molar-refractivity contribution in [3.05, 3.63) is 0 Å². The SMILES string of the molecule is CC(C)(C)OC(=O)NCCCN(CC1CCNC1)C(=O)O. The topological polar surface area (TPSA) is 90.9 Å². The summed E-state index contributed by atoms with van der Waals surface area (Å²) in [6, 6.07) is 0. The first-order valence-corrected chi connectivity index (χ1v) is 7.43. The summed E-state index contributed by atoms with van der Waals surface area (Å²) in [5, 5.41) is 15.0. The van der Waals surface area contributed by atoms with Crippen LogP contribution in [0.25, 0.3) is 0 Å². The van der Waals surface area contributed by atoms with E-state index in [4.69, 9.17) is 4.74 Å². The Kier molecular flexibility index (Phi) is 6.74. The molecule has 1 heterocycles. The minimum Gasteiger partial charge on any atom is -0.465 e. The molecule has 1 atom stereocenters. The van der Waals surface area contributed by atoms with E-state index < -0.39 is 17.8 Å². The first-order valence-electron chi connectivity index (χ1n) is 7.43. The molecule has 1 fully saturated rings. The van der Waals surface area contributed by atoms with Crippen LogP contribution in [0.5, 0.6) is 0 Å². The number of rotatable bonds is 6. The maximum absolute atomic E-state index is 11.4. The number of alkyl carbamates (subject to hydrolysis) is 1. The lowest BCUT2D eigenvalue weighted by Gasteiger charge is -2.23. The zero-order chi connectivity index (χ0) is 15.9. The van der Waals surface area contributed by atoms with Crippen LogP contribution in [0.15, 0.2) is 0 Å². The van der Waals surface area contributed by atoms with Crippen molar-refractivity contribution in [3.63, 3.8) is 0 Å². The van der Waals surface area contributed by atoms with E-state index in [2.05, 4.69) is 10.6 Å². The largest absolute Gasteiger partial charge is 0.465 e. The van der Waals surface area contributed by atoms with Gasteiger partial charge >= 0.3 is 12.2 Å². The van der Waals surface area contributed by atoms with Crippen molar-refractivity contribution in [1.29, 1.82) is 0 Å². The number of ether oxygens (including phenoxy) is 1. The molecule has 1 rings (SSSR count). The molecule has 7 nitrogen and oxygen atoms in total. The Morgan fingerprint density at radius 3 is 2.67 bits per heavy atom. The van der Waals surface area contributed by atoms with Gasteiger partial charge in [-0.05, 0) is 52.6 Å². The molecule has 1 aliphatic heterocycles. The zero-order valence-corrected chi connectivity index (χ0v) is 13.1. The molecule has 21 heavy (non-hydrogen) atoms. The highest BCUT2D eigenvalue weighted by Crippen LogP contribution is 2.10. The Bertz CT molecular complexity index is 349. The van der Waals surface area contributed by atoms with Crippen LogP contribution in [0.4, 0.5) is 9.59 Å². The van der Waals surface area contributed by atoms with E-state index in [0.717, 1.165) is 19.5 Å². The molecule has 2 amide bonds. The predicted molar refractivity (Wildman–Crippen MR) is 79.4 cm³/mol. The van der Waals surface area contributed by atoms with Gasteiger partial charge in [0.05, 0.1) is 0 Å². The lowest BCUT2D eigenvalue weighted by Crippen LogP contribution is -2.38. The van der Waals surface area contributed by atoms with Crippen LogP contribution in [0, 0.1) is 5.92 Å². The summed E-state index contributed by atoms with van der Waals surface area (Å²) < 4.78 is 5.11. The van der Waals surface area contributed by atoms with E-state index in [1.165, 1.54) is 4.90 Å². The molecule has 122 valence electrons. The van der Waals surface area contributed by atoms with E-state index in [9.17, 15) is 14.7 Å². The third kappa shape index (κ3) is 7.75. The van der Waals surface area contributed by atoms with Crippen LogP contribution >= 0.6 is 0 Å². The van der Waals surface area contributed by atoms with Gasteiger partial charge in [-0.3, -0.25) is 0 Å². The van der Waals surface area contributed by atoms with Crippen LogP contribution in [-0.2, 0) is 4.74 Å². The Labute approximate surface area is 126 Å². The normalized spacial score (nSPS) is 18.3. The highest BCUT2D eigenvalue weighted by molar-refractivity contribution is 5.67. The van der Waals surface area contributed by atoms with Gasteiger partial charge in [0.25, 0.3) is 0 Å². The molecule has 3 N–H and O–H groups in total. The van der Waals surface area contributed by atoms with Crippen LogP contribution in [0.1, 0.15) is 33.6 Å². The summed E-state index contributed by atoms with van der Waals surface area (Å²) in [7, 11) is 0. The maximum atomic E-state index is 11.4. The van der Waals surface area contributed by atoms with Crippen LogP contribution < -0.4 is 10.6 Å².